The Hall–Kier alpha value is -2.48. The highest BCUT2D eigenvalue weighted by atomic mass is 16.6. The SMILES string of the molecule is CC(C)(C)OC(=O)N1[C@H]([C@@H](CCCC(=O)c2cnc3oc(C(C)(C)C)cc3n2)C2CCC2)COC1(C)C. The molecule has 1 aliphatic carbocycles. The van der Waals surface area contributed by atoms with Crippen molar-refractivity contribution in [1.29, 1.82) is 0 Å². The number of hydrogen-bond acceptors (Lipinski definition) is 7. The number of Topliss-reactive ketones (excluding diaryl/α,β-unsaturated/α-hetero) is 1. The number of rotatable bonds is 7. The minimum Gasteiger partial charge on any atom is -0.444 e. The maximum atomic E-state index is 13.2. The highest BCUT2D eigenvalue weighted by Crippen LogP contribution is 2.43. The molecule has 2 aromatic rings. The molecule has 2 fully saturated rings. The number of nitrogens with zero attached hydrogens (tertiary/aromatic N) is 3. The molecule has 1 aliphatic heterocycles. The van der Waals surface area contributed by atoms with Crippen molar-refractivity contribution >= 4 is 23.1 Å². The summed E-state index contributed by atoms with van der Waals surface area (Å²) in [4.78, 5) is 36.9. The van der Waals surface area contributed by atoms with E-state index in [2.05, 4.69) is 30.7 Å². The molecule has 37 heavy (non-hydrogen) atoms. The summed E-state index contributed by atoms with van der Waals surface area (Å²) in [5.41, 5.74) is -0.0290. The zero-order chi connectivity index (χ0) is 27.2. The van der Waals surface area contributed by atoms with Crippen LogP contribution in [0.2, 0.25) is 0 Å². The molecule has 8 nitrogen and oxygen atoms in total. The van der Waals surface area contributed by atoms with Crippen LogP contribution in [0.4, 0.5) is 4.79 Å². The summed E-state index contributed by atoms with van der Waals surface area (Å²) in [6.07, 6.45) is 6.64. The van der Waals surface area contributed by atoms with Gasteiger partial charge < -0.3 is 13.9 Å². The molecule has 2 aromatic heterocycles. The van der Waals surface area contributed by atoms with Gasteiger partial charge in [-0.05, 0) is 59.3 Å². The minimum absolute atomic E-state index is 0.0210. The van der Waals surface area contributed by atoms with Crippen LogP contribution in [0.3, 0.4) is 0 Å². The Morgan fingerprint density at radius 1 is 1.19 bits per heavy atom. The van der Waals surface area contributed by atoms with E-state index in [9.17, 15) is 9.59 Å². The van der Waals surface area contributed by atoms with Crippen LogP contribution >= 0.6 is 0 Å². The van der Waals surface area contributed by atoms with Gasteiger partial charge >= 0.3 is 6.09 Å². The molecule has 1 saturated heterocycles. The molecule has 0 unspecified atom stereocenters. The Bertz CT molecular complexity index is 1140. The van der Waals surface area contributed by atoms with E-state index in [-0.39, 0.29) is 29.3 Å². The molecule has 1 saturated carbocycles. The largest absolute Gasteiger partial charge is 0.444 e. The highest BCUT2D eigenvalue weighted by Gasteiger charge is 2.50. The van der Waals surface area contributed by atoms with Gasteiger partial charge in [-0.3, -0.25) is 9.69 Å². The fourth-order valence-electron chi connectivity index (χ4n) is 5.38. The van der Waals surface area contributed by atoms with Gasteiger partial charge in [-0.15, -0.1) is 0 Å². The molecule has 0 aromatic carbocycles. The van der Waals surface area contributed by atoms with E-state index in [1.807, 2.05) is 40.7 Å². The topological polar surface area (TPSA) is 94.8 Å². The highest BCUT2D eigenvalue weighted by molar-refractivity contribution is 5.95. The van der Waals surface area contributed by atoms with Crippen LogP contribution < -0.4 is 0 Å². The van der Waals surface area contributed by atoms with Gasteiger partial charge in [0.15, 0.2) is 5.78 Å². The maximum absolute atomic E-state index is 13.2. The molecule has 8 heteroatoms. The van der Waals surface area contributed by atoms with Crippen molar-refractivity contribution in [2.45, 2.75) is 117 Å². The van der Waals surface area contributed by atoms with Gasteiger partial charge in [-0.25, -0.2) is 14.8 Å². The van der Waals surface area contributed by atoms with Crippen LogP contribution in [0.25, 0.3) is 11.2 Å². The summed E-state index contributed by atoms with van der Waals surface area (Å²) >= 11 is 0. The van der Waals surface area contributed by atoms with Crippen LogP contribution in [0.1, 0.15) is 110 Å². The Balaban J connectivity index is 1.44. The second-order valence-corrected chi connectivity index (χ2v) is 13.2. The first kappa shape index (κ1) is 27.6. The number of aromatic nitrogens is 2. The predicted molar refractivity (Wildman–Crippen MR) is 141 cm³/mol. The smallest absolute Gasteiger partial charge is 0.412 e. The van der Waals surface area contributed by atoms with Crippen LogP contribution in [-0.2, 0) is 14.9 Å². The summed E-state index contributed by atoms with van der Waals surface area (Å²) in [5.74, 6) is 1.56. The van der Waals surface area contributed by atoms with Crippen molar-refractivity contribution in [3.8, 4) is 0 Å². The third-order valence-corrected chi connectivity index (χ3v) is 7.56. The standard InChI is InChI=1S/C29H43N3O5/c1-27(2,3)24-15-20-25(36-24)30-16-21(31-20)23(33)14-10-13-19(18-11-9-12-18)22-17-35-29(7,8)32(22)26(34)37-28(4,5)6/h15-16,18-19,22H,9-14,17H2,1-8H3/t19-,22-/m0/s1. The van der Waals surface area contributed by atoms with Gasteiger partial charge in [0.2, 0.25) is 5.71 Å². The zero-order valence-corrected chi connectivity index (χ0v) is 23.7. The third-order valence-electron chi connectivity index (χ3n) is 7.56. The maximum Gasteiger partial charge on any atom is 0.412 e. The predicted octanol–water partition coefficient (Wildman–Crippen LogP) is 6.66. The fraction of sp³-hybridized carbons (Fsp3) is 0.724. The Labute approximate surface area is 220 Å². The molecule has 3 heterocycles. The first-order valence-electron chi connectivity index (χ1n) is 13.6. The first-order valence-corrected chi connectivity index (χ1v) is 13.6. The lowest BCUT2D eigenvalue weighted by Crippen LogP contribution is -2.53. The van der Waals surface area contributed by atoms with Gasteiger partial charge in [-0.2, -0.15) is 0 Å². The number of fused-ring (bicyclic) bond motifs is 1. The van der Waals surface area contributed by atoms with Crippen molar-refractivity contribution in [2.75, 3.05) is 6.61 Å². The van der Waals surface area contributed by atoms with Crippen molar-refractivity contribution in [2.24, 2.45) is 11.8 Å². The molecule has 2 aliphatic rings. The molecule has 4 rings (SSSR count). The van der Waals surface area contributed by atoms with E-state index < -0.39 is 11.3 Å². The van der Waals surface area contributed by atoms with Crippen molar-refractivity contribution < 1.29 is 23.5 Å². The van der Waals surface area contributed by atoms with E-state index >= 15 is 0 Å². The lowest BCUT2D eigenvalue weighted by atomic mass is 9.70. The number of furan rings is 1. The van der Waals surface area contributed by atoms with Gasteiger partial charge in [0.1, 0.15) is 28.3 Å². The zero-order valence-electron chi connectivity index (χ0n) is 23.7. The Kier molecular flexibility index (Phi) is 7.45. The quantitative estimate of drug-likeness (QED) is 0.382. The Morgan fingerprint density at radius 3 is 2.49 bits per heavy atom. The van der Waals surface area contributed by atoms with Gasteiger partial charge in [0, 0.05) is 17.9 Å². The van der Waals surface area contributed by atoms with Gasteiger partial charge in [-0.1, -0.05) is 40.0 Å². The number of ketones is 1. The first-order chi connectivity index (χ1) is 17.2. The molecular formula is C29H43N3O5. The summed E-state index contributed by atoms with van der Waals surface area (Å²) in [7, 11) is 0. The molecule has 0 bridgehead atoms. The lowest BCUT2D eigenvalue weighted by Gasteiger charge is -2.42. The van der Waals surface area contributed by atoms with E-state index in [0.717, 1.165) is 31.4 Å². The number of amides is 1. The molecule has 2 atom stereocenters. The molecule has 0 radical (unpaired) electrons. The summed E-state index contributed by atoms with van der Waals surface area (Å²) < 4.78 is 17.7. The molecule has 0 N–H and O–H groups in total. The third kappa shape index (κ3) is 6.16. The number of carbonyl (C=O) groups is 2. The van der Waals surface area contributed by atoms with E-state index in [4.69, 9.17) is 13.9 Å². The summed E-state index contributed by atoms with van der Waals surface area (Å²) in [5, 5.41) is 0. The van der Waals surface area contributed by atoms with Crippen LogP contribution in [-0.4, -0.2) is 50.7 Å². The summed E-state index contributed by atoms with van der Waals surface area (Å²) in [6, 6.07) is 1.81. The molecule has 1 amide bonds. The Morgan fingerprint density at radius 2 is 1.89 bits per heavy atom. The molecule has 0 spiro atoms. The lowest BCUT2D eigenvalue weighted by molar-refractivity contribution is -0.0667. The van der Waals surface area contributed by atoms with Crippen LogP contribution in [0.5, 0.6) is 0 Å². The average Bonchev–Trinajstić information content (AvgIpc) is 3.30. The van der Waals surface area contributed by atoms with E-state index in [1.54, 1.807) is 4.90 Å². The van der Waals surface area contributed by atoms with Crippen LogP contribution in [0.15, 0.2) is 16.7 Å². The van der Waals surface area contributed by atoms with E-state index in [0.29, 0.717) is 35.9 Å². The minimum atomic E-state index is -0.730. The molecular weight excluding hydrogens is 470 g/mol. The van der Waals surface area contributed by atoms with Gasteiger partial charge in [0.05, 0.1) is 18.8 Å². The summed E-state index contributed by atoms with van der Waals surface area (Å²) in [6.45, 7) is 16.2. The second kappa shape index (κ2) is 10.0. The number of hydrogen-bond donors (Lipinski definition) is 0. The van der Waals surface area contributed by atoms with Crippen molar-refractivity contribution in [3.63, 3.8) is 0 Å². The number of ether oxygens (including phenoxy) is 2. The number of carbonyl (C=O) groups excluding carboxylic acids is 2. The van der Waals surface area contributed by atoms with Crippen LogP contribution in [0, 0.1) is 11.8 Å². The van der Waals surface area contributed by atoms with Crippen molar-refractivity contribution in [3.05, 3.63) is 23.7 Å². The molecule has 204 valence electrons. The van der Waals surface area contributed by atoms with Crippen molar-refractivity contribution in [1.82, 2.24) is 14.9 Å². The average molecular weight is 514 g/mol. The monoisotopic (exact) mass is 513 g/mol. The fourth-order valence-corrected chi connectivity index (χ4v) is 5.38. The normalized spacial score (nSPS) is 21.2. The van der Waals surface area contributed by atoms with Gasteiger partial charge in [0.25, 0.3) is 0 Å². The van der Waals surface area contributed by atoms with E-state index in [1.165, 1.54) is 12.6 Å². The second-order valence-electron chi connectivity index (χ2n) is 13.2.